The van der Waals surface area contributed by atoms with E-state index >= 15 is 0 Å². The minimum absolute atomic E-state index is 0.0362. The van der Waals surface area contributed by atoms with Crippen LogP contribution >= 0.6 is 0 Å². The van der Waals surface area contributed by atoms with E-state index in [1.165, 1.54) is 0 Å². The molecule has 2 saturated heterocycles. The zero-order valence-electron chi connectivity index (χ0n) is 11.8. The Morgan fingerprint density at radius 2 is 1.74 bits per heavy atom. The molecule has 0 N–H and O–H groups in total. The summed E-state index contributed by atoms with van der Waals surface area (Å²) in [6.07, 6.45) is 1.77. The van der Waals surface area contributed by atoms with Gasteiger partial charge in [-0.2, -0.15) is 0 Å². The lowest BCUT2D eigenvalue weighted by atomic mass is 10.2. The van der Waals surface area contributed by atoms with E-state index in [2.05, 4.69) is 4.90 Å². The molecular weight excluding hydrogens is 246 g/mol. The molecule has 2 rings (SSSR count). The molecule has 0 aromatic rings. The van der Waals surface area contributed by atoms with E-state index in [-0.39, 0.29) is 18.0 Å². The molecule has 2 fully saturated rings. The van der Waals surface area contributed by atoms with E-state index in [1.54, 1.807) is 11.8 Å². The molecule has 2 aliphatic heterocycles. The molecule has 108 valence electrons. The maximum absolute atomic E-state index is 12.4. The lowest BCUT2D eigenvalue weighted by Gasteiger charge is -2.36. The summed E-state index contributed by atoms with van der Waals surface area (Å²) in [4.78, 5) is 29.6. The van der Waals surface area contributed by atoms with Gasteiger partial charge in [0.2, 0.25) is 5.91 Å². The van der Waals surface area contributed by atoms with Crippen LogP contribution < -0.4 is 0 Å². The Labute approximate surface area is 114 Å². The van der Waals surface area contributed by atoms with Crippen molar-refractivity contribution in [1.29, 1.82) is 0 Å². The number of hydrogen-bond donors (Lipinski definition) is 0. The molecule has 2 amide bonds. The molecule has 0 aromatic heterocycles. The second-order valence-corrected chi connectivity index (χ2v) is 5.15. The first-order valence-electron chi connectivity index (χ1n) is 7.04. The van der Waals surface area contributed by atoms with Crippen molar-refractivity contribution in [2.24, 2.45) is 0 Å². The Morgan fingerprint density at radius 3 is 2.26 bits per heavy atom. The molecular formula is C13H23N3O3. The van der Waals surface area contributed by atoms with Crippen LogP contribution in [0.1, 0.15) is 19.8 Å². The van der Waals surface area contributed by atoms with Crippen LogP contribution in [0.25, 0.3) is 0 Å². The third-order valence-electron chi connectivity index (χ3n) is 3.92. The summed E-state index contributed by atoms with van der Waals surface area (Å²) in [6, 6.07) is 0.0362. The predicted octanol–water partition coefficient (Wildman–Crippen LogP) is 0.381. The SMILES string of the molecule is CCOC(=O)N1CCN(C(=O)C2CCCN2C)CC1. The van der Waals surface area contributed by atoms with Crippen LogP contribution in [-0.2, 0) is 9.53 Å². The normalized spacial score (nSPS) is 24.6. The molecule has 6 heteroatoms. The highest BCUT2D eigenvalue weighted by Crippen LogP contribution is 2.18. The van der Waals surface area contributed by atoms with Crippen molar-refractivity contribution in [1.82, 2.24) is 14.7 Å². The van der Waals surface area contributed by atoms with Crippen molar-refractivity contribution in [3.05, 3.63) is 0 Å². The van der Waals surface area contributed by atoms with Gasteiger partial charge >= 0.3 is 6.09 Å². The molecule has 0 aliphatic carbocycles. The summed E-state index contributed by atoms with van der Waals surface area (Å²) in [6.45, 7) is 5.56. The second kappa shape index (κ2) is 6.23. The van der Waals surface area contributed by atoms with Gasteiger partial charge in [-0.15, -0.1) is 0 Å². The van der Waals surface area contributed by atoms with Crippen molar-refractivity contribution in [3.8, 4) is 0 Å². The molecule has 0 spiro atoms. The van der Waals surface area contributed by atoms with Crippen LogP contribution in [-0.4, -0.2) is 79.1 Å². The largest absolute Gasteiger partial charge is 0.450 e. The van der Waals surface area contributed by atoms with Crippen LogP contribution in [0.4, 0.5) is 4.79 Å². The smallest absolute Gasteiger partial charge is 0.409 e. The molecule has 0 radical (unpaired) electrons. The van der Waals surface area contributed by atoms with Crippen LogP contribution in [0.3, 0.4) is 0 Å². The van der Waals surface area contributed by atoms with Crippen molar-refractivity contribution >= 4 is 12.0 Å². The Morgan fingerprint density at radius 1 is 1.11 bits per heavy atom. The lowest BCUT2D eigenvalue weighted by molar-refractivity contribution is -0.137. The maximum atomic E-state index is 12.4. The topological polar surface area (TPSA) is 53.1 Å². The summed E-state index contributed by atoms with van der Waals surface area (Å²) in [5.74, 6) is 0.212. The number of rotatable bonds is 2. The monoisotopic (exact) mass is 269 g/mol. The number of likely N-dealkylation sites (tertiary alicyclic amines) is 1. The van der Waals surface area contributed by atoms with Gasteiger partial charge in [0.1, 0.15) is 0 Å². The van der Waals surface area contributed by atoms with Crippen LogP contribution in [0.15, 0.2) is 0 Å². The predicted molar refractivity (Wildman–Crippen MR) is 70.8 cm³/mol. The van der Waals surface area contributed by atoms with Gasteiger partial charge in [0.05, 0.1) is 12.6 Å². The summed E-state index contributed by atoms with van der Waals surface area (Å²) < 4.78 is 4.97. The van der Waals surface area contributed by atoms with E-state index < -0.39 is 0 Å². The van der Waals surface area contributed by atoms with Gasteiger partial charge in [-0.1, -0.05) is 0 Å². The number of amides is 2. The fraction of sp³-hybridized carbons (Fsp3) is 0.846. The Hall–Kier alpha value is -1.30. The number of ether oxygens (including phenoxy) is 1. The molecule has 0 saturated carbocycles. The number of carbonyl (C=O) groups excluding carboxylic acids is 2. The molecule has 2 heterocycles. The Kier molecular flexibility index (Phi) is 4.63. The molecule has 1 unspecified atom stereocenters. The number of carbonyl (C=O) groups is 2. The highest BCUT2D eigenvalue weighted by atomic mass is 16.6. The molecule has 0 bridgehead atoms. The van der Waals surface area contributed by atoms with Gasteiger partial charge in [0, 0.05) is 26.2 Å². The van der Waals surface area contributed by atoms with Crippen LogP contribution in [0, 0.1) is 0 Å². The summed E-state index contributed by atoms with van der Waals surface area (Å²) in [7, 11) is 2.00. The molecule has 19 heavy (non-hydrogen) atoms. The van der Waals surface area contributed by atoms with Gasteiger partial charge in [-0.05, 0) is 33.4 Å². The fourth-order valence-electron chi connectivity index (χ4n) is 2.76. The van der Waals surface area contributed by atoms with Gasteiger partial charge in [0.25, 0.3) is 0 Å². The highest BCUT2D eigenvalue weighted by molar-refractivity contribution is 5.82. The van der Waals surface area contributed by atoms with E-state index in [0.717, 1.165) is 19.4 Å². The van der Waals surface area contributed by atoms with Crippen LogP contribution in [0.2, 0.25) is 0 Å². The standard InChI is InChI=1S/C13H23N3O3/c1-3-19-13(18)16-9-7-15(8-10-16)12(17)11-5-4-6-14(11)2/h11H,3-10H2,1-2H3. The third-order valence-corrected chi connectivity index (χ3v) is 3.92. The van der Waals surface area contributed by atoms with Gasteiger partial charge in [-0.25, -0.2) is 4.79 Å². The number of likely N-dealkylation sites (N-methyl/N-ethyl adjacent to an activating group) is 1. The molecule has 2 aliphatic rings. The molecule has 6 nitrogen and oxygen atoms in total. The minimum Gasteiger partial charge on any atom is -0.450 e. The Balaban J connectivity index is 1.82. The zero-order chi connectivity index (χ0) is 13.8. The van der Waals surface area contributed by atoms with E-state index in [0.29, 0.717) is 32.8 Å². The van der Waals surface area contributed by atoms with Crippen molar-refractivity contribution in [2.75, 3.05) is 46.4 Å². The summed E-state index contributed by atoms with van der Waals surface area (Å²) >= 11 is 0. The first kappa shape index (κ1) is 14.1. The van der Waals surface area contributed by atoms with Crippen molar-refractivity contribution in [2.45, 2.75) is 25.8 Å². The quantitative estimate of drug-likeness (QED) is 0.727. The summed E-state index contributed by atoms with van der Waals surface area (Å²) in [5, 5.41) is 0. The average molecular weight is 269 g/mol. The molecule has 1 atom stereocenters. The summed E-state index contributed by atoms with van der Waals surface area (Å²) in [5.41, 5.74) is 0. The first-order chi connectivity index (χ1) is 9.13. The van der Waals surface area contributed by atoms with Gasteiger partial charge in [0.15, 0.2) is 0 Å². The van der Waals surface area contributed by atoms with Crippen molar-refractivity contribution < 1.29 is 14.3 Å². The second-order valence-electron chi connectivity index (χ2n) is 5.15. The fourth-order valence-corrected chi connectivity index (χ4v) is 2.76. The first-order valence-corrected chi connectivity index (χ1v) is 7.04. The molecule has 0 aromatic carbocycles. The van der Waals surface area contributed by atoms with Gasteiger partial charge in [-0.3, -0.25) is 9.69 Å². The van der Waals surface area contributed by atoms with E-state index in [1.807, 2.05) is 11.9 Å². The lowest BCUT2D eigenvalue weighted by Crippen LogP contribution is -2.54. The number of piperazine rings is 1. The highest BCUT2D eigenvalue weighted by Gasteiger charge is 2.33. The third kappa shape index (κ3) is 3.18. The maximum Gasteiger partial charge on any atom is 0.409 e. The minimum atomic E-state index is -0.271. The van der Waals surface area contributed by atoms with Gasteiger partial charge < -0.3 is 14.5 Å². The van der Waals surface area contributed by atoms with E-state index in [4.69, 9.17) is 4.74 Å². The van der Waals surface area contributed by atoms with E-state index in [9.17, 15) is 9.59 Å². The number of hydrogen-bond acceptors (Lipinski definition) is 4. The van der Waals surface area contributed by atoms with Crippen molar-refractivity contribution in [3.63, 3.8) is 0 Å². The average Bonchev–Trinajstić information content (AvgIpc) is 2.84. The zero-order valence-corrected chi connectivity index (χ0v) is 11.8. The van der Waals surface area contributed by atoms with Crippen LogP contribution in [0.5, 0.6) is 0 Å². The Bertz CT molecular complexity index is 340. The number of nitrogens with zero attached hydrogens (tertiary/aromatic N) is 3.